The van der Waals surface area contributed by atoms with Gasteiger partial charge in [-0.05, 0) is 56.0 Å². The number of nitrogens with two attached hydrogens (primary N) is 1. The quantitative estimate of drug-likeness (QED) is 0.573. The van der Waals surface area contributed by atoms with Crippen molar-refractivity contribution in [1.82, 2.24) is 19.5 Å². The van der Waals surface area contributed by atoms with E-state index in [1.54, 1.807) is 0 Å². The Balaban J connectivity index is 1.51. The van der Waals surface area contributed by atoms with Crippen LogP contribution in [0.1, 0.15) is 37.8 Å². The fourth-order valence-electron chi connectivity index (χ4n) is 3.70. The van der Waals surface area contributed by atoms with E-state index in [-0.39, 0.29) is 6.04 Å². The molecule has 3 aromatic heterocycles. The van der Waals surface area contributed by atoms with Crippen LogP contribution < -0.4 is 11.1 Å². The molecular weight excluding hydrogens is 336 g/mol. The summed E-state index contributed by atoms with van der Waals surface area (Å²) in [4.78, 5) is 13.3. The van der Waals surface area contributed by atoms with Crippen molar-refractivity contribution < 1.29 is 0 Å². The number of aromatic nitrogens is 4. The van der Waals surface area contributed by atoms with E-state index in [0.29, 0.717) is 11.9 Å². The first-order chi connectivity index (χ1) is 13.2. The van der Waals surface area contributed by atoms with Crippen molar-refractivity contribution in [1.29, 1.82) is 0 Å². The summed E-state index contributed by atoms with van der Waals surface area (Å²) in [5.41, 5.74) is 9.02. The van der Waals surface area contributed by atoms with Gasteiger partial charge in [0.2, 0.25) is 0 Å². The van der Waals surface area contributed by atoms with Crippen LogP contribution in [-0.2, 0) is 0 Å². The molecule has 0 spiro atoms. The highest BCUT2D eigenvalue weighted by molar-refractivity contribution is 5.86. The molecular formula is C21H22N6. The molecule has 5 rings (SSSR count). The molecule has 4 aromatic rings. The van der Waals surface area contributed by atoms with Gasteiger partial charge in [-0.3, -0.25) is 0 Å². The van der Waals surface area contributed by atoms with Crippen LogP contribution in [0.3, 0.4) is 0 Å². The normalized spacial score (nSPS) is 15.7. The van der Waals surface area contributed by atoms with Crippen LogP contribution >= 0.6 is 0 Å². The summed E-state index contributed by atoms with van der Waals surface area (Å²) >= 11 is 0. The van der Waals surface area contributed by atoms with Gasteiger partial charge in [-0.2, -0.15) is 0 Å². The van der Waals surface area contributed by atoms with Crippen molar-refractivity contribution in [2.75, 3.05) is 11.1 Å². The van der Waals surface area contributed by atoms with Crippen molar-refractivity contribution in [2.24, 2.45) is 0 Å². The van der Waals surface area contributed by atoms with E-state index in [0.717, 1.165) is 27.8 Å². The lowest BCUT2D eigenvalue weighted by molar-refractivity contribution is 0.444. The Morgan fingerprint density at radius 2 is 2.00 bits per heavy atom. The predicted molar refractivity (Wildman–Crippen MR) is 109 cm³/mol. The smallest absolute Gasteiger partial charge is 0.146 e. The molecule has 0 radical (unpaired) electrons. The molecule has 3 heterocycles. The minimum absolute atomic E-state index is 0.117. The Morgan fingerprint density at radius 3 is 2.81 bits per heavy atom. The van der Waals surface area contributed by atoms with Gasteiger partial charge in [0.1, 0.15) is 23.6 Å². The highest BCUT2D eigenvalue weighted by Gasteiger charge is 2.18. The number of benzene rings is 1. The predicted octanol–water partition coefficient (Wildman–Crippen LogP) is 4.14. The van der Waals surface area contributed by atoms with Crippen LogP contribution in [0.5, 0.6) is 0 Å². The fraction of sp³-hybridized carbons (Fsp3) is 0.286. The third-order valence-corrected chi connectivity index (χ3v) is 5.61. The molecule has 3 N–H and O–H groups in total. The number of pyridine rings is 1. The van der Waals surface area contributed by atoms with E-state index in [4.69, 9.17) is 10.7 Å². The number of rotatable bonds is 4. The second-order valence-electron chi connectivity index (χ2n) is 7.32. The van der Waals surface area contributed by atoms with Crippen molar-refractivity contribution in [3.63, 3.8) is 0 Å². The Labute approximate surface area is 157 Å². The van der Waals surface area contributed by atoms with Crippen molar-refractivity contribution in [3.8, 4) is 0 Å². The molecule has 1 aliphatic carbocycles. The first-order valence-electron chi connectivity index (χ1n) is 9.43. The summed E-state index contributed by atoms with van der Waals surface area (Å²) in [6.07, 6.45) is 7.32. The number of nitrogens with zero attached hydrogens (tertiary/aromatic N) is 4. The Bertz CT molecular complexity index is 1130. The van der Waals surface area contributed by atoms with Crippen LogP contribution in [0.4, 0.5) is 11.6 Å². The SMILES string of the molecule is CC(c1ccc2ccc(NC3CCC3)nc2c1)n1ccc2c(N)ncnc21. The molecule has 1 unspecified atom stereocenters. The summed E-state index contributed by atoms with van der Waals surface area (Å²) in [7, 11) is 0. The zero-order chi connectivity index (χ0) is 18.4. The number of anilines is 2. The Morgan fingerprint density at radius 1 is 1.15 bits per heavy atom. The van der Waals surface area contributed by atoms with Gasteiger partial charge in [-0.25, -0.2) is 15.0 Å². The largest absolute Gasteiger partial charge is 0.383 e. The maximum atomic E-state index is 5.97. The van der Waals surface area contributed by atoms with E-state index in [1.807, 2.05) is 12.3 Å². The van der Waals surface area contributed by atoms with Gasteiger partial charge in [0.15, 0.2) is 0 Å². The second-order valence-corrected chi connectivity index (χ2v) is 7.32. The van der Waals surface area contributed by atoms with E-state index in [9.17, 15) is 0 Å². The molecule has 1 fully saturated rings. The van der Waals surface area contributed by atoms with Gasteiger partial charge in [0.05, 0.1) is 16.9 Å². The number of fused-ring (bicyclic) bond motifs is 2. The van der Waals surface area contributed by atoms with Crippen LogP contribution in [0, 0.1) is 0 Å². The Hall–Kier alpha value is -3.15. The molecule has 6 nitrogen and oxygen atoms in total. The number of hydrogen-bond donors (Lipinski definition) is 2. The third kappa shape index (κ3) is 2.77. The van der Waals surface area contributed by atoms with Crippen LogP contribution in [0.15, 0.2) is 48.9 Å². The van der Waals surface area contributed by atoms with Gasteiger partial charge in [-0.15, -0.1) is 0 Å². The lowest BCUT2D eigenvalue weighted by Gasteiger charge is -2.27. The maximum Gasteiger partial charge on any atom is 0.146 e. The van der Waals surface area contributed by atoms with E-state index < -0.39 is 0 Å². The summed E-state index contributed by atoms with van der Waals surface area (Å²) < 4.78 is 2.13. The molecule has 6 heteroatoms. The minimum Gasteiger partial charge on any atom is -0.383 e. The number of nitrogens with one attached hydrogen (secondary N) is 1. The third-order valence-electron chi connectivity index (χ3n) is 5.61. The zero-order valence-corrected chi connectivity index (χ0v) is 15.3. The van der Waals surface area contributed by atoms with Crippen LogP contribution in [0.25, 0.3) is 21.9 Å². The first kappa shape index (κ1) is 16.1. The summed E-state index contributed by atoms with van der Waals surface area (Å²) in [6, 6.07) is 13.3. The Kier molecular flexibility index (Phi) is 3.70. The number of hydrogen-bond acceptors (Lipinski definition) is 5. The summed E-state index contributed by atoms with van der Waals surface area (Å²) in [5, 5.41) is 5.56. The van der Waals surface area contributed by atoms with Gasteiger partial charge in [0, 0.05) is 17.6 Å². The fourth-order valence-corrected chi connectivity index (χ4v) is 3.70. The van der Waals surface area contributed by atoms with Crippen molar-refractivity contribution in [3.05, 3.63) is 54.5 Å². The highest BCUT2D eigenvalue weighted by atomic mass is 15.1. The highest BCUT2D eigenvalue weighted by Crippen LogP contribution is 2.28. The van der Waals surface area contributed by atoms with Gasteiger partial charge >= 0.3 is 0 Å². The summed E-state index contributed by atoms with van der Waals surface area (Å²) in [6.45, 7) is 2.16. The average molecular weight is 358 g/mol. The van der Waals surface area contributed by atoms with Gasteiger partial charge in [-0.1, -0.05) is 12.1 Å². The molecule has 0 amide bonds. The topological polar surface area (TPSA) is 81.7 Å². The minimum atomic E-state index is 0.117. The molecule has 0 aliphatic heterocycles. The van der Waals surface area contributed by atoms with Crippen molar-refractivity contribution >= 4 is 33.6 Å². The molecule has 1 saturated carbocycles. The molecule has 27 heavy (non-hydrogen) atoms. The van der Waals surface area contributed by atoms with Crippen LogP contribution in [-0.4, -0.2) is 25.6 Å². The van der Waals surface area contributed by atoms with E-state index in [1.165, 1.54) is 31.2 Å². The van der Waals surface area contributed by atoms with Crippen molar-refractivity contribution in [2.45, 2.75) is 38.3 Å². The summed E-state index contributed by atoms with van der Waals surface area (Å²) in [5.74, 6) is 1.47. The molecule has 136 valence electrons. The van der Waals surface area contributed by atoms with E-state index >= 15 is 0 Å². The zero-order valence-electron chi connectivity index (χ0n) is 15.3. The first-order valence-corrected chi connectivity index (χ1v) is 9.43. The van der Waals surface area contributed by atoms with Gasteiger partial charge < -0.3 is 15.6 Å². The van der Waals surface area contributed by atoms with Gasteiger partial charge in [0.25, 0.3) is 0 Å². The average Bonchev–Trinajstić information content (AvgIpc) is 3.09. The molecule has 1 aromatic carbocycles. The van der Waals surface area contributed by atoms with Crippen LogP contribution in [0.2, 0.25) is 0 Å². The lowest BCUT2D eigenvalue weighted by Crippen LogP contribution is -2.27. The maximum absolute atomic E-state index is 5.97. The molecule has 1 atom stereocenters. The molecule has 1 aliphatic rings. The lowest BCUT2D eigenvalue weighted by atomic mass is 9.93. The standard InChI is InChI=1S/C21H22N6/c1-13(27-10-9-17-20(22)23-12-24-21(17)27)15-6-5-14-7-8-19(26-18(14)11-15)25-16-3-2-4-16/h5-13,16H,2-4H2,1H3,(H,25,26)(H2,22,23,24). The monoisotopic (exact) mass is 358 g/mol. The number of nitrogen functional groups attached to an aromatic ring is 1. The van der Waals surface area contributed by atoms with E-state index in [2.05, 4.69) is 57.1 Å². The molecule has 0 bridgehead atoms. The second kappa shape index (κ2) is 6.23. The molecule has 0 saturated heterocycles.